The Balaban J connectivity index is 2.50. The van der Waals surface area contributed by atoms with Gasteiger partial charge in [-0.1, -0.05) is 26.8 Å². The first-order valence-electron chi connectivity index (χ1n) is 4.76. The summed E-state index contributed by atoms with van der Waals surface area (Å²) in [4.78, 5) is 15.9. The molecule has 0 aromatic carbocycles. The Bertz CT molecular complexity index is 379. The predicted molar refractivity (Wildman–Crippen MR) is 55.1 cm³/mol. The Labute approximate surface area is 83.5 Å². The zero-order valence-corrected chi connectivity index (χ0v) is 8.66. The number of nitrogens with zero attached hydrogens (tertiary/aromatic N) is 1. The highest BCUT2D eigenvalue weighted by Crippen LogP contribution is 2.42. The number of fused-ring (bicyclic) bond motifs is 1. The second kappa shape index (κ2) is 2.80. The number of hydrogen-bond acceptors (Lipinski definition) is 2. The number of rotatable bonds is 0. The molecule has 0 saturated heterocycles. The van der Waals surface area contributed by atoms with Crippen LogP contribution < -0.4 is 5.32 Å². The molecule has 1 aliphatic rings. The summed E-state index contributed by atoms with van der Waals surface area (Å²) < 4.78 is 0. The summed E-state index contributed by atoms with van der Waals surface area (Å²) in [6.07, 6.45) is 1.70. The van der Waals surface area contributed by atoms with Crippen LogP contribution in [-0.2, 0) is 4.79 Å². The van der Waals surface area contributed by atoms with Crippen molar-refractivity contribution >= 4 is 11.7 Å². The average Bonchev–Trinajstić information content (AvgIpc) is 2.38. The quantitative estimate of drug-likeness (QED) is 0.681. The van der Waals surface area contributed by atoms with Crippen molar-refractivity contribution < 1.29 is 4.79 Å². The number of pyridine rings is 1. The summed E-state index contributed by atoms with van der Waals surface area (Å²) in [5.41, 5.74) is 0.961. The summed E-state index contributed by atoms with van der Waals surface area (Å²) in [6, 6.07) is 3.84. The van der Waals surface area contributed by atoms with Gasteiger partial charge in [-0.05, 0) is 11.5 Å². The second-order valence-corrected chi connectivity index (χ2v) is 4.73. The van der Waals surface area contributed by atoms with E-state index < -0.39 is 0 Å². The number of anilines is 1. The number of amides is 1. The van der Waals surface area contributed by atoms with Crippen LogP contribution in [0, 0.1) is 5.41 Å². The lowest BCUT2D eigenvalue weighted by molar-refractivity contribution is -0.119. The van der Waals surface area contributed by atoms with Gasteiger partial charge in [0.05, 0.1) is 5.92 Å². The second-order valence-electron chi connectivity index (χ2n) is 4.73. The minimum atomic E-state index is -0.0776. The van der Waals surface area contributed by atoms with Gasteiger partial charge in [-0.25, -0.2) is 4.98 Å². The number of aromatic nitrogens is 1. The maximum Gasteiger partial charge on any atom is 0.233 e. The number of carbonyl (C=O) groups is 1. The molecule has 1 atom stereocenters. The molecular weight excluding hydrogens is 176 g/mol. The van der Waals surface area contributed by atoms with Crippen molar-refractivity contribution in [1.29, 1.82) is 0 Å². The van der Waals surface area contributed by atoms with Gasteiger partial charge in [-0.2, -0.15) is 0 Å². The molecule has 0 bridgehead atoms. The molecule has 1 amide bonds. The Kier molecular flexibility index (Phi) is 1.84. The van der Waals surface area contributed by atoms with E-state index in [9.17, 15) is 4.79 Å². The maximum absolute atomic E-state index is 11.7. The average molecular weight is 190 g/mol. The zero-order valence-electron chi connectivity index (χ0n) is 8.66. The first-order chi connectivity index (χ1) is 6.50. The summed E-state index contributed by atoms with van der Waals surface area (Å²) in [7, 11) is 0. The van der Waals surface area contributed by atoms with Crippen LogP contribution in [0.5, 0.6) is 0 Å². The van der Waals surface area contributed by atoms with Crippen LogP contribution in [-0.4, -0.2) is 10.9 Å². The standard InChI is InChI=1S/C11H14N2O/c1-11(2,3)8-7-5-4-6-12-9(7)13-10(8)14/h4-6,8H,1-3H3,(H,12,13,14). The van der Waals surface area contributed by atoms with Gasteiger partial charge in [0.1, 0.15) is 5.82 Å². The van der Waals surface area contributed by atoms with E-state index in [2.05, 4.69) is 31.1 Å². The van der Waals surface area contributed by atoms with Crippen molar-refractivity contribution in [2.45, 2.75) is 26.7 Å². The summed E-state index contributed by atoms with van der Waals surface area (Å²) >= 11 is 0. The molecule has 1 aromatic rings. The van der Waals surface area contributed by atoms with E-state index in [0.29, 0.717) is 0 Å². The number of carbonyl (C=O) groups excluding carboxylic acids is 1. The van der Waals surface area contributed by atoms with Gasteiger partial charge < -0.3 is 5.32 Å². The van der Waals surface area contributed by atoms with E-state index in [1.807, 2.05) is 12.1 Å². The largest absolute Gasteiger partial charge is 0.310 e. The molecule has 0 fully saturated rings. The van der Waals surface area contributed by atoms with Crippen LogP contribution in [0.4, 0.5) is 5.82 Å². The van der Waals surface area contributed by atoms with Gasteiger partial charge in [-0.15, -0.1) is 0 Å². The Morgan fingerprint density at radius 1 is 1.43 bits per heavy atom. The first-order valence-corrected chi connectivity index (χ1v) is 4.76. The SMILES string of the molecule is CC(C)(C)C1C(=O)Nc2ncccc21. The molecule has 74 valence electrons. The molecule has 3 nitrogen and oxygen atoms in total. The minimum Gasteiger partial charge on any atom is -0.310 e. The molecule has 0 radical (unpaired) electrons. The third kappa shape index (κ3) is 1.29. The van der Waals surface area contributed by atoms with Crippen molar-refractivity contribution in [2.24, 2.45) is 5.41 Å². The van der Waals surface area contributed by atoms with Gasteiger partial charge in [-0.3, -0.25) is 4.79 Å². The highest BCUT2D eigenvalue weighted by Gasteiger charge is 2.39. The Morgan fingerprint density at radius 3 is 2.79 bits per heavy atom. The van der Waals surface area contributed by atoms with Gasteiger partial charge in [0.2, 0.25) is 5.91 Å². The van der Waals surface area contributed by atoms with Crippen LogP contribution in [0.25, 0.3) is 0 Å². The molecule has 14 heavy (non-hydrogen) atoms. The first kappa shape index (κ1) is 9.19. The highest BCUT2D eigenvalue weighted by molar-refractivity contribution is 6.02. The normalized spacial score (nSPS) is 20.5. The topological polar surface area (TPSA) is 42.0 Å². The smallest absolute Gasteiger partial charge is 0.233 e. The van der Waals surface area contributed by atoms with Gasteiger partial charge in [0, 0.05) is 11.8 Å². The summed E-state index contributed by atoms with van der Waals surface area (Å²) in [5.74, 6) is 0.704. The fraction of sp³-hybridized carbons (Fsp3) is 0.455. The van der Waals surface area contributed by atoms with E-state index in [0.717, 1.165) is 11.4 Å². The van der Waals surface area contributed by atoms with Gasteiger partial charge >= 0.3 is 0 Å². The lowest BCUT2D eigenvalue weighted by Gasteiger charge is -2.24. The summed E-state index contributed by atoms with van der Waals surface area (Å²) in [5, 5.41) is 2.80. The lowest BCUT2D eigenvalue weighted by Crippen LogP contribution is -2.25. The van der Waals surface area contributed by atoms with Gasteiger partial charge in [0.15, 0.2) is 0 Å². The van der Waals surface area contributed by atoms with Gasteiger partial charge in [0.25, 0.3) is 0 Å². The monoisotopic (exact) mass is 190 g/mol. The molecule has 1 unspecified atom stereocenters. The van der Waals surface area contributed by atoms with Crippen molar-refractivity contribution in [3.05, 3.63) is 23.9 Å². The summed E-state index contributed by atoms with van der Waals surface area (Å²) in [6.45, 7) is 6.21. The third-order valence-electron chi connectivity index (χ3n) is 2.52. The number of hydrogen-bond donors (Lipinski definition) is 1. The fourth-order valence-electron chi connectivity index (χ4n) is 1.95. The van der Waals surface area contributed by atoms with E-state index in [4.69, 9.17) is 0 Å². The fourth-order valence-corrected chi connectivity index (χ4v) is 1.95. The Hall–Kier alpha value is -1.38. The lowest BCUT2D eigenvalue weighted by atomic mass is 9.78. The number of nitrogens with one attached hydrogen (secondary N) is 1. The molecule has 1 aliphatic heterocycles. The van der Waals surface area contributed by atoms with Crippen LogP contribution in [0.3, 0.4) is 0 Å². The molecule has 0 aliphatic carbocycles. The van der Waals surface area contributed by atoms with E-state index in [-0.39, 0.29) is 17.2 Å². The maximum atomic E-state index is 11.7. The van der Waals surface area contributed by atoms with Crippen LogP contribution in [0.1, 0.15) is 32.3 Å². The molecular formula is C11H14N2O. The Morgan fingerprint density at radius 2 is 2.14 bits per heavy atom. The molecule has 0 spiro atoms. The van der Waals surface area contributed by atoms with Crippen LogP contribution in [0.2, 0.25) is 0 Å². The van der Waals surface area contributed by atoms with Crippen molar-refractivity contribution in [1.82, 2.24) is 4.98 Å². The van der Waals surface area contributed by atoms with Crippen LogP contribution >= 0.6 is 0 Å². The minimum absolute atomic E-state index is 0.0572. The molecule has 0 saturated carbocycles. The molecule has 3 heteroatoms. The predicted octanol–water partition coefficient (Wildman–Crippen LogP) is 2.16. The van der Waals surface area contributed by atoms with Crippen molar-refractivity contribution in [3.63, 3.8) is 0 Å². The molecule has 1 N–H and O–H groups in total. The van der Waals surface area contributed by atoms with Crippen molar-refractivity contribution in [3.8, 4) is 0 Å². The molecule has 2 rings (SSSR count). The van der Waals surface area contributed by atoms with E-state index in [1.165, 1.54) is 0 Å². The highest BCUT2D eigenvalue weighted by atomic mass is 16.2. The zero-order chi connectivity index (χ0) is 10.3. The van der Waals surface area contributed by atoms with Crippen LogP contribution in [0.15, 0.2) is 18.3 Å². The molecule has 2 heterocycles. The van der Waals surface area contributed by atoms with Crippen molar-refractivity contribution in [2.75, 3.05) is 5.32 Å². The van der Waals surface area contributed by atoms with E-state index >= 15 is 0 Å². The third-order valence-corrected chi connectivity index (χ3v) is 2.52. The molecule has 1 aromatic heterocycles. The van der Waals surface area contributed by atoms with E-state index in [1.54, 1.807) is 6.20 Å².